The van der Waals surface area contributed by atoms with Crippen LogP contribution in [0.3, 0.4) is 0 Å². The highest BCUT2D eigenvalue weighted by Gasteiger charge is 2.14. The van der Waals surface area contributed by atoms with Gasteiger partial charge in [0.2, 0.25) is 10.0 Å². The lowest BCUT2D eigenvalue weighted by molar-refractivity contribution is 0.0697. The number of nitrogens with one attached hydrogen (secondary N) is 1. The standard InChI is InChI=1S/C12H12N2O5S/c1-8-6-11(13-19-8)14-20(17,18)7-9-2-4-10(5-3-9)12(15)16/h2-6H,7H2,1H3,(H,13,14)(H,15,16). The Kier molecular flexibility index (Phi) is 3.75. The lowest BCUT2D eigenvalue weighted by Crippen LogP contribution is -2.15. The van der Waals surface area contributed by atoms with Crippen molar-refractivity contribution in [3.05, 3.63) is 47.2 Å². The maximum absolute atomic E-state index is 11.9. The number of aromatic nitrogens is 1. The zero-order valence-corrected chi connectivity index (χ0v) is 11.3. The molecule has 0 unspecified atom stereocenters. The fourth-order valence-electron chi connectivity index (χ4n) is 1.57. The van der Waals surface area contributed by atoms with Crippen molar-refractivity contribution in [2.45, 2.75) is 12.7 Å². The second-order valence-electron chi connectivity index (χ2n) is 4.19. The average Bonchev–Trinajstić information content (AvgIpc) is 2.73. The third-order valence-electron chi connectivity index (χ3n) is 2.45. The Bertz CT molecular complexity index is 719. The Morgan fingerprint density at radius 3 is 2.50 bits per heavy atom. The second kappa shape index (κ2) is 5.33. The van der Waals surface area contributed by atoms with Crippen LogP contribution >= 0.6 is 0 Å². The minimum atomic E-state index is -3.63. The van der Waals surface area contributed by atoms with Gasteiger partial charge in [-0.3, -0.25) is 4.72 Å². The van der Waals surface area contributed by atoms with E-state index in [2.05, 4.69) is 9.88 Å². The molecule has 2 N–H and O–H groups in total. The largest absolute Gasteiger partial charge is 0.478 e. The monoisotopic (exact) mass is 296 g/mol. The van der Waals surface area contributed by atoms with Gasteiger partial charge in [0.05, 0.1) is 11.3 Å². The molecule has 0 fully saturated rings. The maximum Gasteiger partial charge on any atom is 0.335 e. The maximum atomic E-state index is 11.9. The van der Waals surface area contributed by atoms with Crippen LogP contribution < -0.4 is 4.72 Å². The molecule has 0 atom stereocenters. The van der Waals surface area contributed by atoms with Gasteiger partial charge < -0.3 is 9.63 Å². The Morgan fingerprint density at radius 1 is 1.35 bits per heavy atom. The number of aromatic carboxylic acids is 1. The van der Waals surface area contributed by atoms with E-state index in [4.69, 9.17) is 9.63 Å². The molecule has 0 amide bonds. The molecular formula is C12H12N2O5S. The van der Waals surface area contributed by atoms with Crippen molar-refractivity contribution < 1.29 is 22.8 Å². The fourth-order valence-corrected chi connectivity index (χ4v) is 2.69. The van der Waals surface area contributed by atoms with Crippen LogP contribution in [0.15, 0.2) is 34.9 Å². The summed E-state index contributed by atoms with van der Waals surface area (Å²) in [7, 11) is -3.63. The molecule has 20 heavy (non-hydrogen) atoms. The van der Waals surface area contributed by atoms with E-state index in [0.717, 1.165) is 0 Å². The molecule has 1 heterocycles. The highest BCUT2D eigenvalue weighted by atomic mass is 32.2. The molecule has 7 nitrogen and oxygen atoms in total. The third kappa shape index (κ3) is 3.58. The summed E-state index contributed by atoms with van der Waals surface area (Å²) in [6.07, 6.45) is 0. The lowest BCUT2D eigenvalue weighted by Gasteiger charge is -2.05. The third-order valence-corrected chi connectivity index (χ3v) is 3.68. The van der Waals surface area contributed by atoms with Crippen LogP contribution in [-0.2, 0) is 15.8 Å². The predicted octanol–water partition coefficient (Wildman–Crippen LogP) is 1.62. The molecule has 0 aliphatic heterocycles. The van der Waals surface area contributed by atoms with Crippen molar-refractivity contribution in [1.29, 1.82) is 0 Å². The first-order chi connectivity index (χ1) is 9.35. The van der Waals surface area contributed by atoms with E-state index in [0.29, 0.717) is 11.3 Å². The van der Waals surface area contributed by atoms with Gasteiger partial charge in [0.25, 0.3) is 0 Å². The molecule has 0 saturated heterocycles. The van der Waals surface area contributed by atoms with Gasteiger partial charge in [-0.2, -0.15) is 0 Å². The number of sulfonamides is 1. The summed E-state index contributed by atoms with van der Waals surface area (Å²) in [4.78, 5) is 10.7. The summed E-state index contributed by atoms with van der Waals surface area (Å²) in [5.74, 6) is -0.729. The quantitative estimate of drug-likeness (QED) is 0.867. The minimum absolute atomic E-state index is 0.103. The van der Waals surface area contributed by atoms with E-state index in [-0.39, 0.29) is 17.1 Å². The van der Waals surface area contributed by atoms with Crippen molar-refractivity contribution in [3.63, 3.8) is 0 Å². The van der Waals surface area contributed by atoms with Crippen molar-refractivity contribution in [2.24, 2.45) is 0 Å². The summed E-state index contributed by atoms with van der Waals surface area (Å²) in [5.41, 5.74) is 0.578. The van der Waals surface area contributed by atoms with Gasteiger partial charge in [-0.25, -0.2) is 13.2 Å². The molecule has 2 rings (SSSR count). The van der Waals surface area contributed by atoms with E-state index in [1.807, 2.05) is 0 Å². The molecular weight excluding hydrogens is 284 g/mol. The number of rotatable bonds is 5. The number of aryl methyl sites for hydroxylation is 1. The topological polar surface area (TPSA) is 110 Å². The Morgan fingerprint density at radius 2 is 2.00 bits per heavy atom. The first kappa shape index (κ1) is 14.1. The van der Waals surface area contributed by atoms with Crippen LogP contribution in [0, 0.1) is 6.92 Å². The molecule has 106 valence electrons. The fraction of sp³-hybridized carbons (Fsp3) is 0.167. The highest BCUT2D eigenvalue weighted by molar-refractivity contribution is 7.91. The van der Waals surface area contributed by atoms with Gasteiger partial charge in [-0.05, 0) is 24.6 Å². The first-order valence-electron chi connectivity index (χ1n) is 5.62. The number of carboxylic acid groups (broad SMARTS) is 1. The lowest BCUT2D eigenvalue weighted by atomic mass is 10.1. The molecule has 8 heteroatoms. The van der Waals surface area contributed by atoms with Gasteiger partial charge >= 0.3 is 5.97 Å². The smallest absolute Gasteiger partial charge is 0.335 e. The van der Waals surface area contributed by atoms with Crippen molar-refractivity contribution in [3.8, 4) is 0 Å². The Labute approximate surface area is 115 Å². The van der Waals surface area contributed by atoms with Gasteiger partial charge in [0.1, 0.15) is 5.76 Å². The summed E-state index contributed by atoms with van der Waals surface area (Å²) in [5, 5.41) is 12.3. The normalized spacial score (nSPS) is 11.2. The number of carboxylic acids is 1. The Hall–Kier alpha value is -2.35. The van der Waals surface area contributed by atoms with E-state index in [9.17, 15) is 13.2 Å². The summed E-state index contributed by atoms with van der Waals surface area (Å²) >= 11 is 0. The van der Waals surface area contributed by atoms with E-state index in [1.54, 1.807) is 6.92 Å². The zero-order chi connectivity index (χ0) is 14.8. The van der Waals surface area contributed by atoms with Crippen molar-refractivity contribution in [2.75, 3.05) is 4.72 Å². The second-order valence-corrected chi connectivity index (χ2v) is 5.91. The molecule has 1 aromatic carbocycles. The van der Waals surface area contributed by atoms with E-state index < -0.39 is 16.0 Å². The van der Waals surface area contributed by atoms with Gasteiger partial charge in [0.15, 0.2) is 5.82 Å². The van der Waals surface area contributed by atoms with Gasteiger partial charge in [0, 0.05) is 6.07 Å². The molecule has 0 aliphatic rings. The van der Waals surface area contributed by atoms with E-state index in [1.165, 1.54) is 30.3 Å². The van der Waals surface area contributed by atoms with E-state index >= 15 is 0 Å². The van der Waals surface area contributed by atoms with Crippen LogP contribution in [0.1, 0.15) is 21.7 Å². The number of hydrogen-bond acceptors (Lipinski definition) is 5. The van der Waals surface area contributed by atoms with Gasteiger partial charge in [-0.15, -0.1) is 0 Å². The summed E-state index contributed by atoms with van der Waals surface area (Å²) in [6, 6.07) is 7.08. The highest BCUT2D eigenvalue weighted by Crippen LogP contribution is 2.13. The molecule has 0 radical (unpaired) electrons. The van der Waals surface area contributed by atoms with Crippen LogP contribution in [0.2, 0.25) is 0 Å². The SMILES string of the molecule is Cc1cc(NS(=O)(=O)Cc2ccc(C(=O)O)cc2)no1. The van der Waals surface area contributed by atoms with Crippen molar-refractivity contribution >= 4 is 21.8 Å². The molecule has 0 spiro atoms. The number of nitrogens with zero attached hydrogens (tertiary/aromatic N) is 1. The van der Waals surface area contributed by atoms with Crippen LogP contribution in [0.25, 0.3) is 0 Å². The van der Waals surface area contributed by atoms with Crippen molar-refractivity contribution in [1.82, 2.24) is 5.16 Å². The molecule has 1 aromatic heterocycles. The number of hydrogen-bond donors (Lipinski definition) is 2. The molecule has 0 aliphatic carbocycles. The van der Waals surface area contributed by atoms with Crippen LogP contribution in [-0.4, -0.2) is 24.7 Å². The Balaban J connectivity index is 2.09. The van der Waals surface area contributed by atoms with Crippen LogP contribution in [0.4, 0.5) is 5.82 Å². The zero-order valence-electron chi connectivity index (χ0n) is 10.5. The van der Waals surface area contributed by atoms with Gasteiger partial charge in [-0.1, -0.05) is 17.3 Å². The number of anilines is 1. The number of benzene rings is 1. The van der Waals surface area contributed by atoms with Crippen LogP contribution in [0.5, 0.6) is 0 Å². The minimum Gasteiger partial charge on any atom is -0.478 e. The molecule has 2 aromatic rings. The molecule has 0 saturated carbocycles. The molecule has 0 bridgehead atoms. The average molecular weight is 296 g/mol. The first-order valence-corrected chi connectivity index (χ1v) is 7.27. The summed E-state index contributed by atoms with van der Waals surface area (Å²) < 4.78 is 30.8. The number of carbonyl (C=O) groups is 1. The summed E-state index contributed by atoms with van der Waals surface area (Å²) in [6.45, 7) is 1.65. The predicted molar refractivity (Wildman–Crippen MR) is 70.9 cm³/mol.